The number of hydroxylamine groups is 1. The number of ether oxygens (including phenoxy) is 1. The molecule has 0 heterocycles. The van der Waals surface area contributed by atoms with Gasteiger partial charge in [-0.15, -0.1) is 0 Å². The van der Waals surface area contributed by atoms with Crippen molar-refractivity contribution in [1.29, 1.82) is 0 Å². The Labute approximate surface area is 104 Å². The second kappa shape index (κ2) is 7.18. The van der Waals surface area contributed by atoms with Crippen LogP contribution in [-0.4, -0.2) is 25.2 Å². The summed E-state index contributed by atoms with van der Waals surface area (Å²) in [5, 5.41) is 11.1. The lowest BCUT2D eigenvalue weighted by Gasteiger charge is -2.07. The highest BCUT2D eigenvalue weighted by Crippen LogP contribution is 2.25. The van der Waals surface area contributed by atoms with Crippen molar-refractivity contribution in [3.8, 4) is 0 Å². The number of benzene rings is 1. The zero-order valence-electron chi connectivity index (χ0n) is 9.31. The zero-order chi connectivity index (χ0) is 12.7. The monoisotopic (exact) mass is 260 g/mol. The maximum atomic E-state index is 10.8. The van der Waals surface area contributed by atoms with E-state index in [2.05, 4.69) is 5.48 Å². The Hall–Kier alpha value is -1.21. The Kier molecular flexibility index (Phi) is 5.85. The molecule has 1 N–H and O–H groups in total. The number of nitrogens with zero attached hydrogens (tertiary/aromatic N) is 1. The lowest BCUT2D eigenvalue weighted by molar-refractivity contribution is -0.385. The summed E-state index contributed by atoms with van der Waals surface area (Å²) in [6.45, 7) is 0.964. The Balaban J connectivity index is 2.60. The smallest absolute Gasteiger partial charge is 0.275 e. The second-order valence-electron chi connectivity index (χ2n) is 3.16. The van der Waals surface area contributed by atoms with Gasteiger partial charge in [-0.05, 0) is 6.07 Å². The van der Waals surface area contributed by atoms with Gasteiger partial charge in [-0.1, -0.05) is 17.7 Å². The lowest BCUT2D eigenvalue weighted by atomic mass is 10.2. The number of nitro benzene ring substituents is 1. The van der Waals surface area contributed by atoms with Crippen LogP contribution >= 0.6 is 11.6 Å². The minimum atomic E-state index is -0.474. The molecule has 1 aromatic rings. The van der Waals surface area contributed by atoms with Crippen molar-refractivity contribution in [2.75, 3.05) is 20.3 Å². The van der Waals surface area contributed by atoms with Crippen LogP contribution < -0.4 is 5.48 Å². The summed E-state index contributed by atoms with van der Waals surface area (Å²) in [4.78, 5) is 15.3. The van der Waals surface area contributed by atoms with E-state index in [-0.39, 0.29) is 12.2 Å². The summed E-state index contributed by atoms with van der Waals surface area (Å²) in [6.07, 6.45) is 0. The highest BCUT2D eigenvalue weighted by molar-refractivity contribution is 6.31. The molecule has 0 atom stereocenters. The summed E-state index contributed by atoms with van der Waals surface area (Å²) in [5.74, 6) is 0. The highest BCUT2D eigenvalue weighted by Gasteiger charge is 2.15. The molecule has 0 aliphatic heterocycles. The van der Waals surface area contributed by atoms with Gasteiger partial charge in [0.25, 0.3) is 5.69 Å². The predicted molar refractivity (Wildman–Crippen MR) is 62.8 cm³/mol. The van der Waals surface area contributed by atoms with Crippen LogP contribution in [0.4, 0.5) is 5.69 Å². The van der Waals surface area contributed by atoms with Gasteiger partial charge in [0.05, 0.1) is 35.3 Å². The Morgan fingerprint density at radius 1 is 1.47 bits per heavy atom. The van der Waals surface area contributed by atoms with E-state index in [1.54, 1.807) is 13.2 Å². The second-order valence-corrected chi connectivity index (χ2v) is 3.56. The molecule has 0 aliphatic carbocycles. The van der Waals surface area contributed by atoms with E-state index >= 15 is 0 Å². The van der Waals surface area contributed by atoms with Crippen LogP contribution in [0.3, 0.4) is 0 Å². The van der Waals surface area contributed by atoms with Gasteiger partial charge in [0.15, 0.2) is 0 Å². The van der Waals surface area contributed by atoms with E-state index in [1.165, 1.54) is 12.1 Å². The normalized spacial score (nSPS) is 10.5. The summed E-state index contributed by atoms with van der Waals surface area (Å²) < 4.78 is 4.78. The minimum absolute atomic E-state index is 0.0275. The van der Waals surface area contributed by atoms with Crippen LogP contribution in [0.5, 0.6) is 0 Å². The average molecular weight is 261 g/mol. The third-order valence-electron chi connectivity index (χ3n) is 2.03. The topological polar surface area (TPSA) is 73.6 Å². The van der Waals surface area contributed by atoms with Crippen molar-refractivity contribution in [2.24, 2.45) is 0 Å². The van der Waals surface area contributed by atoms with Crippen molar-refractivity contribution >= 4 is 17.3 Å². The quantitative estimate of drug-likeness (QED) is 0.461. The molecule has 0 amide bonds. The number of nitrogens with one attached hydrogen (secondary N) is 1. The van der Waals surface area contributed by atoms with E-state index < -0.39 is 4.92 Å². The van der Waals surface area contributed by atoms with Crippen molar-refractivity contribution in [3.05, 3.63) is 38.9 Å². The van der Waals surface area contributed by atoms with Crippen LogP contribution in [0.1, 0.15) is 5.56 Å². The largest absolute Gasteiger partial charge is 0.382 e. The molecule has 0 radical (unpaired) electrons. The van der Waals surface area contributed by atoms with Crippen molar-refractivity contribution in [1.82, 2.24) is 5.48 Å². The molecule has 0 bridgehead atoms. The van der Waals surface area contributed by atoms with E-state index in [0.29, 0.717) is 23.8 Å². The first-order valence-electron chi connectivity index (χ1n) is 4.92. The van der Waals surface area contributed by atoms with Gasteiger partial charge in [-0.2, -0.15) is 5.48 Å². The maximum Gasteiger partial charge on any atom is 0.275 e. The molecular formula is C10H13ClN2O4. The molecule has 0 unspecified atom stereocenters. The van der Waals surface area contributed by atoms with Gasteiger partial charge in [-0.25, -0.2) is 0 Å². The number of halogens is 1. The molecular weight excluding hydrogens is 248 g/mol. The SMILES string of the molecule is COCCONCc1c(Cl)cccc1[N+](=O)[O-]. The summed E-state index contributed by atoms with van der Waals surface area (Å²) in [6, 6.07) is 4.54. The van der Waals surface area contributed by atoms with Crippen molar-refractivity contribution in [2.45, 2.75) is 6.54 Å². The van der Waals surface area contributed by atoms with Crippen LogP contribution in [0, 0.1) is 10.1 Å². The van der Waals surface area contributed by atoms with Crippen LogP contribution in [0.2, 0.25) is 5.02 Å². The Bertz CT molecular complexity index is 387. The molecule has 0 fully saturated rings. The molecule has 0 saturated carbocycles. The van der Waals surface area contributed by atoms with Crippen molar-refractivity contribution < 1.29 is 14.5 Å². The fraction of sp³-hybridized carbons (Fsp3) is 0.400. The predicted octanol–water partition coefficient (Wildman–Crippen LogP) is 1.92. The van der Waals surface area contributed by atoms with Gasteiger partial charge >= 0.3 is 0 Å². The van der Waals surface area contributed by atoms with E-state index in [4.69, 9.17) is 21.2 Å². The average Bonchev–Trinajstić information content (AvgIpc) is 2.30. The summed E-state index contributed by atoms with van der Waals surface area (Å²) in [7, 11) is 1.56. The molecule has 6 nitrogen and oxygen atoms in total. The third kappa shape index (κ3) is 4.27. The first-order chi connectivity index (χ1) is 8.16. The molecule has 0 aromatic heterocycles. The molecule has 17 heavy (non-hydrogen) atoms. The van der Waals surface area contributed by atoms with E-state index in [0.717, 1.165) is 0 Å². The van der Waals surface area contributed by atoms with Gasteiger partial charge in [0.2, 0.25) is 0 Å². The number of rotatable bonds is 7. The number of methoxy groups -OCH3 is 1. The highest BCUT2D eigenvalue weighted by atomic mass is 35.5. The van der Waals surface area contributed by atoms with Gasteiger partial charge < -0.3 is 4.74 Å². The minimum Gasteiger partial charge on any atom is -0.382 e. The Morgan fingerprint density at radius 3 is 2.88 bits per heavy atom. The van der Waals surface area contributed by atoms with Gasteiger partial charge in [0, 0.05) is 13.2 Å². The number of nitro groups is 1. The van der Waals surface area contributed by atoms with Gasteiger partial charge in [0.1, 0.15) is 0 Å². The van der Waals surface area contributed by atoms with E-state index in [9.17, 15) is 10.1 Å². The van der Waals surface area contributed by atoms with Crippen LogP contribution in [-0.2, 0) is 16.1 Å². The summed E-state index contributed by atoms with van der Waals surface area (Å²) >= 11 is 5.89. The van der Waals surface area contributed by atoms with Crippen LogP contribution in [0.25, 0.3) is 0 Å². The lowest BCUT2D eigenvalue weighted by Crippen LogP contribution is -2.18. The number of hydrogen-bond donors (Lipinski definition) is 1. The molecule has 1 rings (SSSR count). The molecule has 0 aliphatic rings. The maximum absolute atomic E-state index is 10.8. The standard InChI is InChI=1S/C10H13ClN2O4/c1-16-5-6-17-12-7-8-9(11)3-2-4-10(8)13(14)15/h2-4,12H,5-7H2,1H3. The fourth-order valence-electron chi connectivity index (χ4n) is 1.21. The molecule has 7 heteroatoms. The first kappa shape index (κ1) is 13.9. The summed E-state index contributed by atoms with van der Waals surface area (Å²) in [5.41, 5.74) is 2.98. The zero-order valence-corrected chi connectivity index (χ0v) is 10.1. The Morgan fingerprint density at radius 2 is 2.24 bits per heavy atom. The van der Waals surface area contributed by atoms with Crippen LogP contribution in [0.15, 0.2) is 18.2 Å². The van der Waals surface area contributed by atoms with Gasteiger partial charge in [-0.3, -0.25) is 15.0 Å². The first-order valence-corrected chi connectivity index (χ1v) is 5.30. The molecule has 94 valence electrons. The van der Waals surface area contributed by atoms with Crippen molar-refractivity contribution in [3.63, 3.8) is 0 Å². The van der Waals surface area contributed by atoms with E-state index in [1.807, 2.05) is 0 Å². The molecule has 1 aromatic carbocycles. The molecule has 0 spiro atoms. The fourth-order valence-corrected chi connectivity index (χ4v) is 1.45. The third-order valence-corrected chi connectivity index (χ3v) is 2.39. The number of hydrogen-bond acceptors (Lipinski definition) is 5. The molecule has 0 saturated heterocycles.